The SMILES string of the molecule is O=C(/C=C/c1ccc(O)cc1)OC[C@@H]1O[C@@H](O[C@@H]2[C@@H](O)[C@H](O[C@@H]3COC(O)[C@H](O)[C@@H]3O)OC[C@H]2O)[C@H](O)[C@H]1O. The molecule has 3 aliphatic rings. The minimum absolute atomic E-state index is 0.0689. The van der Waals surface area contributed by atoms with Crippen LogP contribution < -0.4 is 0 Å². The van der Waals surface area contributed by atoms with Crippen LogP contribution in [0.15, 0.2) is 30.3 Å². The summed E-state index contributed by atoms with van der Waals surface area (Å²) in [7, 11) is 0. The van der Waals surface area contributed by atoms with Crippen molar-refractivity contribution in [1.29, 1.82) is 0 Å². The highest BCUT2D eigenvalue weighted by Gasteiger charge is 2.50. The Bertz CT molecular complexity index is 973. The molecule has 1 aromatic rings. The van der Waals surface area contributed by atoms with E-state index in [4.69, 9.17) is 28.4 Å². The number of aliphatic hydroxyl groups is 7. The van der Waals surface area contributed by atoms with Gasteiger partial charge in [0.2, 0.25) is 0 Å². The number of carbonyl (C=O) groups excluding carboxylic acids is 1. The molecule has 3 saturated heterocycles. The molecule has 0 radical (unpaired) electrons. The van der Waals surface area contributed by atoms with Gasteiger partial charge in [0.25, 0.3) is 0 Å². The maximum absolute atomic E-state index is 12.0. The van der Waals surface area contributed by atoms with E-state index in [0.717, 1.165) is 6.08 Å². The van der Waals surface area contributed by atoms with Crippen molar-refractivity contribution in [2.45, 2.75) is 73.8 Å². The van der Waals surface area contributed by atoms with Crippen molar-refractivity contribution in [2.24, 2.45) is 0 Å². The largest absolute Gasteiger partial charge is 0.508 e. The molecule has 0 aliphatic carbocycles. The molecule has 0 spiro atoms. The molecule has 15 nitrogen and oxygen atoms in total. The highest BCUT2D eigenvalue weighted by Crippen LogP contribution is 2.29. The molecule has 3 aliphatic heterocycles. The molecule has 15 heteroatoms. The Labute approximate surface area is 221 Å². The molecular weight excluding hydrogens is 528 g/mol. The van der Waals surface area contributed by atoms with Gasteiger partial charge >= 0.3 is 5.97 Å². The zero-order chi connectivity index (χ0) is 28.3. The summed E-state index contributed by atoms with van der Waals surface area (Å²) in [5, 5.41) is 80.3. The molecule has 3 fully saturated rings. The van der Waals surface area contributed by atoms with E-state index in [-0.39, 0.29) is 19.0 Å². The second-order valence-electron chi connectivity index (χ2n) is 9.32. The fourth-order valence-corrected chi connectivity index (χ4v) is 4.21. The number of aromatic hydroxyl groups is 1. The first kappa shape index (κ1) is 29.7. The molecule has 3 heterocycles. The molecule has 0 amide bonds. The second kappa shape index (κ2) is 12.9. The van der Waals surface area contributed by atoms with Gasteiger partial charge in [-0.25, -0.2) is 4.79 Å². The maximum Gasteiger partial charge on any atom is 0.330 e. The summed E-state index contributed by atoms with van der Waals surface area (Å²) < 4.78 is 31.7. The van der Waals surface area contributed by atoms with Crippen molar-refractivity contribution in [2.75, 3.05) is 19.8 Å². The van der Waals surface area contributed by atoms with Crippen LogP contribution in [-0.2, 0) is 33.2 Å². The maximum atomic E-state index is 12.0. The lowest BCUT2D eigenvalue weighted by atomic mass is 10.0. The Morgan fingerprint density at radius 3 is 2.28 bits per heavy atom. The summed E-state index contributed by atoms with van der Waals surface area (Å²) >= 11 is 0. The second-order valence-corrected chi connectivity index (χ2v) is 9.32. The first-order valence-corrected chi connectivity index (χ1v) is 12.1. The predicted molar refractivity (Wildman–Crippen MR) is 124 cm³/mol. The molecule has 1 aromatic carbocycles. The van der Waals surface area contributed by atoms with Gasteiger partial charge in [-0.05, 0) is 23.8 Å². The van der Waals surface area contributed by atoms with Gasteiger partial charge in [-0.15, -0.1) is 0 Å². The Morgan fingerprint density at radius 1 is 0.846 bits per heavy atom. The van der Waals surface area contributed by atoms with E-state index in [1.165, 1.54) is 18.2 Å². The van der Waals surface area contributed by atoms with Crippen molar-refractivity contribution < 1.29 is 74.1 Å². The van der Waals surface area contributed by atoms with Crippen LogP contribution in [0, 0.1) is 0 Å². The zero-order valence-electron chi connectivity index (χ0n) is 20.4. The number of hydrogen-bond acceptors (Lipinski definition) is 15. The average Bonchev–Trinajstić information content (AvgIpc) is 3.18. The number of carbonyl (C=O) groups is 1. The molecule has 218 valence electrons. The van der Waals surface area contributed by atoms with Crippen LogP contribution in [0.3, 0.4) is 0 Å². The third-order valence-electron chi connectivity index (χ3n) is 6.49. The normalized spacial score (nSPS) is 41.1. The number of benzene rings is 1. The molecule has 0 bridgehead atoms. The predicted octanol–water partition coefficient (Wildman–Crippen LogP) is -3.69. The number of phenols is 1. The molecule has 8 N–H and O–H groups in total. The van der Waals surface area contributed by atoms with Crippen molar-refractivity contribution in [3.05, 3.63) is 35.9 Å². The van der Waals surface area contributed by atoms with Crippen LogP contribution in [0.5, 0.6) is 5.75 Å². The van der Waals surface area contributed by atoms with Crippen molar-refractivity contribution in [1.82, 2.24) is 0 Å². The van der Waals surface area contributed by atoms with E-state index >= 15 is 0 Å². The van der Waals surface area contributed by atoms with Gasteiger partial charge in [-0.2, -0.15) is 0 Å². The monoisotopic (exact) mass is 560 g/mol. The van der Waals surface area contributed by atoms with Crippen LogP contribution in [-0.4, -0.2) is 140 Å². The summed E-state index contributed by atoms with van der Waals surface area (Å²) in [4.78, 5) is 12.0. The number of hydrogen-bond donors (Lipinski definition) is 8. The van der Waals surface area contributed by atoms with Crippen LogP contribution in [0.2, 0.25) is 0 Å². The fourth-order valence-electron chi connectivity index (χ4n) is 4.21. The van der Waals surface area contributed by atoms with E-state index in [2.05, 4.69) is 0 Å². The number of aliphatic hydroxyl groups excluding tert-OH is 7. The van der Waals surface area contributed by atoms with E-state index in [9.17, 15) is 45.6 Å². The third kappa shape index (κ3) is 7.10. The Balaban J connectivity index is 1.29. The standard InChI is InChI=1S/C24H32O15/c25-11-4-1-10(2-5-11)3-6-15(27)34-8-13-17(29)19(31)24(38-13)39-21-12(26)7-36-23(20(21)32)37-14-9-35-22(33)18(30)16(14)28/h1-6,12-14,16-26,28-33H,7-9H2/b6-3+/t12-,13+,14-,16-,17+,18-,19-,20-,21+,22?,23+,24+/m1/s1. The average molecular weight is 561 g/mol. The minimum Gasteiger partial charge on any atom is -0.508 e. The first-order chi connectivity index (χ1) is 18.5. The number of rotatable bonds is 8. The van der Waals surface area contributed by atoms with Gasteiger partial charge in [0.1, 0.15) is 67.3 Å². The lowest BCUT2D eigenvalue weighted by Gasteiger charge is -2.42. The molecule has 39 heavy (non-hydrogen) atoms. The van der Waals surface area contributed by atoms with E-state index in [0.29, 0.717) is 5.56 Å². The zero-order valence-corrected chi connectivity index (χ0v) is 20.4. The van der Waals surface area contributed by atoms with Gasteiger partial charge in [0, 0.05) is 6.08 Å². The third-order valence-corrected chi connectivity index (χ3v) is 6.49. The van der Waals surface area contributed by atoms with Crippen molar-refractivity contribution >= 4 is 12.0 Å². The molecule has 12 atom stereocenters. The van der Waals surface area contributed by atoms with E-state index < -0.39 is 86.4 Å². The van der Waals surface area contributed by atoms with Crippen molar-refractivity contribution in [3.8, 4) is 5.75 Å². The van der Waals surface area contributed by atoms with E-state index in [1.54, 1.807) is 12.1 Å². The summed E-state index contributed by atoms with van der Waals surface area (Å²) in [6, 6.07) is 6.04. The van der Waals surface area contributed by atoms with Gasteiger partial charge in [0.05, 0.1) is 13.2 Å². The highest BCUT2D eigenvalue weighted by atomic mass is 16.7. The number of phenolic OH excluding ortho intramolecular Hbond substituents is 1. The molecule has 4 rings (SSSR count). The van der Waals surface area contributed by atoms with Crippen LogP contribution in [0.4, 0.5) is 0 Å². The highest BCUT2D eigenvalue weighted by molar-refractivity contribution is 5.87. The lowest BCUT2D eigenvalue weighted by molar-refractivity contribution is -0.338. The van der Waals surface area contributed by atoms with Gasteiger partial charge in [0.15, 0.2) is 18.9 Å². The number of esters is 1. The topological polar surface area (TPSA) is 234 Å². The summed E-state index contributed by atoms with van der Waals surface area (Å²) in [5.74, 6) is -0.695. The van der Waals surface area contributed by atoms with Crippen LogP contribution in [0.25, 0.3) is 6.08 Å². The summed E-state index contributed by atoms with van der Waals surface area (Å²) in [6.45, 7) is -1.17. The van der Waals surface area contributed by atoms with Crippen LogP contribution >= 0.6 is 0 Å². The lowest BCUT2D eigenvalue weighted by Crippen LogP contribution is -2.60. The first-order valence-electron chi connectivity index (χ1n) is 12.1. The van der Waals surface area contributed by atoms with E-state index in [1.807, 2.05) is 0 Å². The van der Waals surface area contributed by atoms with Gasteiger partial charge in [-0.1, -0.05) is 12.1 Å². The Hall–Kier alpha value is -2.25. The van der Waals surface area contributed by atoms with Gasteiger partial charge < -0.3 is 69.3 Å². The molecule has 0 aromatic heterocycles. The molecular formula is C24H32O15. The molecule has 1 unspecified atom stereocenters. The Morgan fingerprint density at radius 2 is 1.56 bits per heavy atom. The smallest absolute Gasteiger partial charge is 0.330 e. The number of ether oxygens (including phenoxy) is 6. The molecule has 0 saturated carbocycles. The van der Waals surface area contributed by atoms with Crippen molar-refractivity contribution in [3.63, 3.8) is 0 Å². The fraction of sp³-hybridized carbons (Fsp3) is 0.625. The minimum atomic E-state index is -1.68. The summed E-state index contributed by atoms with van der Waals surface area (Å²) in [5.41, 5.74) is 0.626. The summed E-state index contributed by atoms with van der Waals surface area (Å²) in [6.07, 6.45) is -15.4. The van der Waals surface area contributed by atoms with Gasteiger partial charge in [-0.3, -0.25) is 0 Å². The quantitative estimate of drug-likeness (QED) is 0.113. The Kier molecular flexibility index (Phi) is 9.87. The van der Waals surface area contributed by atoms with Crippen LogP contribution in [0.1, 0.15) is 5.56 Å².